The first-order chi connectivity index (χ1) is 11.1. The van der Waals surface area contributed by atoms with E-state index in [1.165, 1.54) is 0 Å². The zero-order chi connectivity index (χ0) is 17.1. The Labute approximate surface area is 136 Å². The van der Waals surface area contributed by atoms with E-state index in [9.17, 15) is 9.59 Å². The third kappa shape index (κ3) is 6.56. The van der Waals surface area contributed by atoms with Crippen molar-refractivity contribution in [3.63, 3.8) is 0 Å². The Morgan fingerprint density at radius 1 is 1.04 bits per heavy atom. The number of ether oxygens (including phenoxy) is 3. The van der Waals surface area contributed by atoms with Gasteiger partial charge in [-0.25, -0.2) is 0 Å². The van der Waals surface area contributed by atoms with Crippen molar-refractivity contribution < 1.29 is 23.8 Å². The molecule has 0 unspecified atom stereocenters. The second kappa shape index (κ2) is 10.4. The van der Waals surface area contributed by atoms with Gasteiger partial charge in [0.25, 0.3) is 0 Å². The van der Waals surface area contributed by atoms with Gasteiger partial charge >= 0.3 is 11.8 Å². The predicted molar refractivity (Wildman–Crippen MR) is 86.9 cm³/mol. The molecular weight excluding hydrogens is 300 g/mol. The van der Waals surface area contributed by atoms with E-state index >= 15 is 0 Å². The van der Waals surface area contributed by atoms with Gasteiger partial charge in [-0.05, 0) is 32.4 Å². The van der Waals surface area contributed by atoms with Crippen LogP contribution in [0.3, 0.4) is 0 Å². The fourth-order valence-corrected chi connectivity index (χ4v) is 1.82. The summed E-state index contributed by atoms with van der Waals surface area (Å²) in [5.74, 6) is -0.300. The maximum atomic E-state index is 11.8. The number of methoxy groups -OCH3 is 1. The van der Waals surface area contributed by atoms with Crippen molar-refractivity contribution in [2.24, 2.45) is 0 Å². The van der Waals surface area contributed by atoms with E-state index in [0.717, 1.165) is 0 Å². The summed E-state index contributed by atoms with van der Waals surface area (Å²) in [5, 5.41) is 5.05. The molecule has 2 N–H and O–H groups in total. The molecule has 7 nitrogen and oxygen atoms in total. The summed E-state index contributed by atoms with van der Waals surface area (Å²) >= 11 is 0. The van der Waals surface area contributed by atoms with E-state index in [2.05, 4.69) is 10.6 Å². The quantitative estimate of drug-likeness (QED) is 0.532. The Bertz CT molecular complexity index is 519. The van der Waals surface area contributed by atoms with Gasteiger partial charge in [0.2, 0.25) is 0 Å². The highest BCUT2D eigenvalue weighted by atomic mass is 16.5. The first kappa shape index (κ1) is 18.8. The minimum absolute atomic E-state index is 0.383. The molecule has 0 heterocycles. The molecule has 0 saturated heterocycles. The number of rotatable bonds is 9. The van der Waals surface area contributed by atoms with E-state index < -0.39 is 11.8 Å². The Balaban J connectivity index is 2.63. The molecule has 0 aliphatic rings. The third-order valence-electron chi connectivity index (χ3n) is 2.82. The average molecular weight is 324 g/mol. The molecule has 0 aliphatic heterocycles. The van der Waals surface area contributed by atoms with Crippen LogP contribution >= 0.6 is 0 Å². The molecular formula is C16H24N2O5. The van der Waals surface area contributed by atoms with Crippen molar-refractivity contribution in [3.8, 4) is 11.5 Å². The summed E-state index contributed by atoms with van der Waals surface area (Å²) < 4.78 is 15.8. The SMILES string of the molecule is CCOc1ccc(NC(=O)C(=O)NCCCOC)cc1OCC. The van der Waals surface area contributed by atoms with Crippen LogP contribution in [0.5, 0.6) is 11.5 Å². The summed E-state index contributed by atoms with van der Waals surface area (Å²) in [4.78, 5) is 23.5. The second-order valence-electron chi connectivity index (χ2n) is 4.58. The Morgan fingerprint density at radius 2 is 1.74 bits per heavy atom. The number of anilines is 1. The number of carbonyl (C=O) groups is 2. The molecule has 0 saturated carbocycles. The van der Waals surface area contributed by atoms with Crippen LogP contribution in [-0.4, -0.2) is 45.3 Å². The van der Waals surface area contributed by atoms with E-state index in [4.69, 9.17) is 14.2 Å². The lowest BCUT2D eigenvalue weighted by molar-refractivity contribution is -0.136. The lowest BCUT2D eigenvalue weighted by Gasteiger charge is -2.13. The number of amides is 2. The van der Waals surface area contributed by atoms with Crippen LogP contribution in [-0.2, 0) is 14.3 Å². The Kier molecular flexibility index (Phi) is 8.52. The fraction of sp³-hybridized carbons (Fsp3) is 0.500. The van der Waals surface area contributed by atoms with Crippen LogP contribution in [0.15, 0.2) is 18.2 Å². The molecule has 2 amide bonds. The summed E-state index contributed by atoms with van der Waals surface area (Å²) in [5.41, 5.74) is 0.467. The van der Waals surface area contributed by atoms with E-state index in [1.54, 1.807) is 25.3 Å². The maximum Gasteiger partial charge on any atom is 0.313 e. The topological polar surface area (TPSA) is 85.9 Å². The lowest BCUT2D eigenvalue weighted by atomic mass is 10.2. The number of benzene rings is 1. The highest BCUT2D eigenvalue weighted by Crippen LogP contribution is 2.30. The molecule has 0 aromatic heterocycles. The normalized spacial score (nSPS) is 10.0. The van der Waals surface area contributed by atoms with Gasteiger partial charge in [0.1, 0.15) is 0 Å². The number of carbonyl (C=O) groups excluding carboxylic acids is 2. The molecule has 0 bridgehead atoms. The molecule has 0 fully saturated rings. The largest absolute Gasteiger partial charge is 0.490 e. The molecule has 1 aromatic rings. The van der Waals surface area contributed by atoms with Gasteiger partial charge in [0.15, 0.2) is 11.5 Å². The first-order valence-electron chi connectivity index (χ1n) is 7.60. The van der Waals surface area contributed by atoms with Crippen LogP contribution in [0, 0.1) is 0 Å². The highest BCUT2D eigenvalue weighted by Gasteiger charge is 2.14. The van der Waals surface area contributed by atoms with Crippen molar-refractivity contribution in [2.75, 3.05) is 38.8 Å². The monoisotopic (exact) mass is 324 g/mol. The smallest absolute Gasteiger partial charge is 0.313 e. The molecule has 0 spiro atoms. The van der Waals surface area contributed by atoms with Gasteiger partial charge < -0.3 is 24.8 Å². The van der Waals surface area contributed by atoms with Crippen molar-refractivity contribution >= 4 is 17.5 Å². The molecule has 7 heteroatoms. The van der Waals surface area contributed by atoms with Crippen molar-refractivity contribution in [1.82, 2.24) is 5.32 Å². The van der Waals surface area contributed by atoms with Gasteiger partial charge in [0, 0.05) is 32.0 Å². The summed E-state index contributed by atoms with van der Waals surface area (Å²) in [7, 11) is 1.58. The molecule has 0 aliphatic carbocycles. The Morgan fingerprint density at radius 3 is 2.39 bits per heavy atom. The number of nitrogens with one attached hydrogen (secondary N) is 2. The summed E-state index contributed by atoms with van der Waals surface area (Å²) in [6, 6.07) is 4.98. The van der Waals surface area contributed by atoms with Gasteiger partial charge in [-0.3, -0.25) is 9.59 Å². The van der Waals surface area contributed by atoms with Gasteiger partial charge in [0.05, 0.1) is 13.2 Å². The highest BCUT2D eigenvalue weighted by molar-refractivity contribution is 6.39. The fourth-order valence-electron chi connectivity index (χ4n) is 1.82. The van der Waals surface area contributed by atoms with Crippen LogP contribution in [0.25, 0.3) is 0 Å². The van der Waals surface area contributed by atoms with Crippen LogP contribution < -0.4 is 20.1 Å². The van der Waals surface area contributed by atoms with Crippen LogP contribution in [0.2, 0.25) is 0 Å². The molecule has 0 atom stereocenters. The molecule has 23 heavy (non-hydrogen) atoms. The van der Waals surface area contributed by atoms with Crippen LogP contribution in [0.4, 0.5) is 5.69 Å². The third-order valence-corrected chi connectivity index (χ3v) is 2.82. The second-order valence-corrected chi connectivity index (χ2v) is 4.58. The zero-order valence-corrected chi connectivity index (χ0v) is 13.8. The van der Waals surface area contributed by atoms with Gasteiger partial charge in [-0.2, -0.15) is 0 Å². The van der Waals surface area contributed by atoms with Crippen molar-refractivity contribution in [2.45, 2.75) is 20.3 Å². The van der Waals surface area contributed by atoms with Crippen molar-refractivity contribution in [1.29, 1.82) is 0 Å². The standard InChI is InChI=1S/C16H24N2O5/c1-4-22-13-8-7-12(11-14(13)23-5-2)18-16(20)15(19)17-9-6-10-21-3/h7-8,11H,4-6,9-10H2,1-3H3,(H,17,19)(H,18,20). The average Bonchev–Trinajstić information content (AvgIpc) is 2.54. The molecule has 128 valence electrons. The van der Waals surface area contributed by atoms with E-state index in [0.29, 0.717) is 50.0 Å². The number of hydrogen-bond acceptors (Lipinski definition) is 5. The number of hydrogen-bond donors (Lipinski definition) is 2. The van der Waals surface area contributed by atoms with E-state index in [1.807, 2.05) is 13.8 Å². The zero-order valence-electron chi connectivity index (χ0n) is 13.8. The summed E-state index contributed by atoms with van der Waals surface area (Å²) in [6.07, 6.45) is 0.646. The molecule has 1 rings (SSSR count). The first-order valence-corrected chi connectivity index (χ1v) is 7.60. The molecule has 0 radical (unpaired) electrons. The van der Waals surface area contributed by atoms with Gasteiger partial charge in [-0.1, -0.05) is 0 Å². The molecule has 1 aromatic carbocycles. The Hall–Kier alpha value is -2.28. The van der Waals surface area contributed by atoms with E-state index in [-0.39, 0.29) is 0 Å². The minimum Gasteiger partial charge on any atom is -0.490 e. The summed E-state index contributed by atoms with van der Waals surface area (Å²) in [6.45, 7) is 5.62. The van der Waals surface area contributed by atoms with Crippen molar-refractivity contribution in [3.05, 3.63) is 18.2 Å². The minimum atomic E-state index is -0.728. The lowest BCUT2D eigenvalue weighted by Crippen LogP contribution is -2.36. The van der Waals surface area contributed by atoms with Crippen LogP contribution in [0.1, 0.15) is 20.3 Å². The predicted octanol–water partition coefficient (Wildman–Crippen LogP) is 1.58. The van der Waals surface area contributed by atoms with Gasteiger partial charge in [-0.15, -0.1) is 0 Å². The maximum absolute atomic E-state index is 11.8.